The van der Waals surface area contributed by atoms with Gasteiger partial charge in [-0.15, -0.1) is 0 Å². The molecule has 0 fully saturated rings. The molecule has 2 aromatic carbocycles. The number of amides is 2. The molecule has 7 heteroatoms. The van der Waals surface area contributed by atoms with Crippen LogP contribution in [-0.4, -0.2) is 51.2 Å². The predicted octanol–water partition coefficient (Wildman–Crippen LogP) is 5.34. The summed E-state index contributed by atoms with van der Waals surface area (Å²) in [7, 11) is 1.82. The molecule has 4 rings (SSSR count). The highest BCUT2D eigenvalue weighted by Crippen LogP contribution is 2.26. The van der Waals surface area contributed by atoms with Gasteiger partial charge in [-0.1, -0.05) is 51.7 Å². The Morgan fingerprint density at radius 1 is 1.11 bits per heavy atom. The van der Waals surface area contributed by atoms with E-state index in [2.05, 4.69) is 17.2 Å². The zero-order valence-electron chi connectivity index (χ0n) is 21.1. The van der Waals surface area contributed by atoms with Gasteiger partial charge in [-0.25, -0.2) is 4.98 Å². The van der Waals surface area contributed by atoms with Crippen molar-refractivity contribution in [2.75, 3.05) is 18.9 Å². The molecule has 2 heterocycles. The van der Waals surface area contributed by atoms with Gasteiger partial charge in [0.2, 0.25) is 5.91 Å². The largest absolute Gasteiger partial charge is 0.373 e. The first-order valence-corrected chi connectivity index (χ1v) is 12.9. The second-order valence-corrected chi connectivity index (χ2v) is 9.51. The Hall–Kier alpha value is -3.35. The van der Waals surface area contributed by atoms with E-state index in [9.17, 15) is 9.59 Å². The second-order valence-electron chi connectivity index (χ2n) is 9.51. The first-order valence-electron chi connectivity index (χ1n) is 12.9. The summed E-state index contributed by atoms with van der Waals surface area (Å²) in [6, 6.07) is 13.5. The van der Waals surface area contributed by atoms with Gasteiger partial charge in [-0.3, -0.25) is 9.59 Å². The normalized spacial score (nSPS) is 15.6. The minimum Gasteiger partial charge on any atom is -0.373 e. The molecule has 0 unspecified atom stereocenters. The number of nitrogens with one attached hydrogen (secondary N) is 2. The standard InChI is InChI=1S/C28H37N5O2/c1-4-6-7-8-11-16-33(19-26-30-24-12-9-10-13-25(24)31-26)27(34)20-14-15-23-21(17-20)18-32(3)28(35)22(5-2)29-23/h9-10,12-15,17,22,29H,4-8,11,16,18-19H2,1-3H3,(H,30,31)/t22-/m0/s1. The molecular formula is C28H37N5O2. The highest BCUT2D eigenvalue weighted by Gasteiger charge is 2.27. The van der Waals surface area contributed by atoms with Crippen molar-refractivity contribution in [1.82, 2.24) is 19.8 Å². The molecule has 1 atom stereocenters. The van der Waals surface area contributed by atoms with E-state index in [-0.39, 0.29) is 17.9 Å². The Kier molecular flexibility index (Phi) is 8.06. The van der Waals surface area contributed by atoms with E-state index in [0.29, 0.717) is 31.6 Å². The minimum absolute atomic E-state index is 0.00554. The van der Waals surface area contributed by atoms with E-state index in [0.717, 1.165) is 41.0 Å². The summed E-state index contributed by atoms with van der Waals surface area (Å²) in [5.74, 6) is 0.866. The number of carbonyl (C=O) groups excluding carboxylic acids is 2. The van der Waals surface area contributed by atoms with Crippen molar-refractivity contribution in [1.29, 1.82) is 0 Å². The molecule has 186 valence electrons. The van der Waals surface area contributed by atoms with Gasteiger partial charge in [0.1, 0.15) is 11.9 Å². The van der Waals surface area contributed by atoms with Crippen molar-refractivity contribution in [2.45, 2.75) is 71.5 Å². The fourth-order valence-corrected chi connectivity index (χ4v) is 4.73. The first kappa shape index (κ1) is 24.8. The fourth-order valence-electron chi connectivity index (χ4n) is 4.73. The molecule has 0 bridgehead atoms. The molecule has 0 spiro atoms. The van der Waals surface area contributed by atoms with Crippen LogP contribution in [-0.2, 0) is 17.9 Å². The number of para-hydroxylation sites is 2. The number of likely N-dealkylation sites (N-methyl/N-ethyl adjacent to an activating group) is 1. The molecule has 0 aliphatic carbocycles. The number of nitrogens with zero attached hydrogens (tertiary/aromatic N) is 3. The van der Waals surface area contributed by atoms with Gasteiger partial charge in [0.25, 0.3) is 5.91 Å². The fraction of sp³-hybridized carbons (Fsp3) is 0.464. The average molecular weight is 476 g/mol. The van der Waals surface area contributed by atoms with Gasteiger partial charge in [-0.2, -0.15) is 0 Å². The lowest BCUT2D eigenvalue weighted by atomic mass is 10.1. The third kappa shape index (κ3) is 5.84. The van der Waals surface area contributed by atoms with E-state index >= 15 is 0 Å². The van der Waals surface area contributed by atoms with Crippen molar-refractivity contribution in [3.8, 4) is 0 Å². The maximum Gasteiger partial charge on any atom is 0.254 e. The van der Waals surface area contributed by atoms with Gasteiger partial charge in [0, 0.05) is 31.4 Å². The molecule has 1 aliphatic rings. The summed E-state index contributed by atoms with van der Waals surface area (Å²) in [5, 5.41) is 3.36. The van der Waals surface area contributed by atoms with Crippen LogP contribution in [0.5, 0.6) is 0 Å². The first-order chi connectivity index (χ1) is 17.0. The molecule has 2 N–H and O–H groups in total. The van der Waals surface area contributed by atoms with Gasteiger partial charge < -0.3 is 20.1 Å². The predicted molar refractivity (Wildman–Crippen MR) is 140 cm³/mol. The van der Waals surface area contributed by atoms with Crippen molar-refractivity contribution < 1.29 is 9.59 Å². The zero-order chi connectivity index (χ0) is 24.8. The van der Waals surface area contributed by atoms with E-state index in [1.165, 1.54) is 19.3 Å². The number of rotatable bonds is 10. The van der Waals surface area contributed by atoms with Crippen molar-refractivity contribution in [3.05, 3.63) is 59.4 Å². The number of aromatic amines is 1. The van der Waals surface area contributed by atoms with Crippen LogP contribution < -0.4 is 5.32 Å². The summed E-state index contributed by atoms with van der Waals surface area (Å²) in [6.45, 7) is 5.82. The Balaban J connectivity index is 1.56. The Morgan fingerprint density at radius 3 is 2.69 bits per heavy atom. The van der Waals surface area contributed by atoms with Gasteiger partial charge in [-0.05, 0) is 48.7 Å². The highest BCUT2D eigenvalue weighted by atomic mass is 16.2. The smallest absolute Gasteiger partial charge is 0.254 e. The van der Waals surface area contributed by atoms with Crippen molar-refractivity contribution in [2.24, 2.45) is 0 Å². The third-order valence-corrected chi connectivity index (χ3v) is 6.77. The zero-order valence-corrected chi connectivity index (χ0v) is 21.1. The van der Waals surface area contributed by atoms with Gasteiger partial charge >= 0.3 is 0 Å². The van der Waals surface area contributed by atoms with Crippen LogP contribution in [0.25, 0.3) is 11.0 Å². The number of hydrogen-bond donors (Lipinski definition) is 2. The van der Waals surface area contributed by atoms with Crippen LogP contribution in [0.4, 0.5) is 5.69 Å². The number of aromatic nitrogens is 2. The average Bonchev–Trinajstić information content (AvgIpc) is 3.23. The molecule has 3 aromatic rings. The lowest BCUT2D eigenvalue weighted by Crippen LogP contribution is -2.37. The van der Waals surface area contributed by atoms with Gasteiger partial charge in [0.05, 0.1) is 17.6 Å². The Morgan fingerprint density at radius 2 is 1.91 bits per heavy atom. The minimum atomic E-state index is -0.240. The topological polar surface area (TPSA) is 81.3 Å². The molecule has 1 aromatic heterocycles. The molecule has 7 nitrogen and oxygen atoms in total. The van der Waals surface area contributed by atoms with E-state index in [1.807, 2.05) is 61.3 Å². The number of benzene rings is 2. The summed E-state index contributed by atoms with van der Waals surface area (Å²) in [6.07, 6.45) is 6.39. The summed E-state index contributed by atoms with van der Waals surface area (Å²) in [5.41, 5.74) is 4.43. The lowest BCUT2D eigenvalue weighted by molar-refractivity contribution is -0.131. The number of carbonyl (C=O) groups is 2. The molecule has 2 amide bonds. The van der Waals surface area contributed by atoms with E-state index < -0.39 is 0 Å². The number of hydrogen-bond acceptors (Lipinski definition) is 4. The van der Waals surface area contributed by atoms with Crippen molar-refractivity contribution >= 4 is 28.5 Å². The molecule has 35 heavy (non-hydrogen) atoms. The monoisotopic (exact) mass is 475 g/mol. The quantitative estimate of drug-likeness (QED) is 0.388. The summed E-state index contributed by atoms with van der Waals surface area (Å²) in [4.78, 5) is 38.0. The van der Waals surface area contributed by atoms with E-state index in [4.69, 9.17) is 4.98 Å². The maximum atomic E-state index is 13.7. The number of anilines is 1. The van der Waals surface area contributed by atoms with Crippen LogP contribution in [0.15, 0.2) is 42.5 Å². The number of fused-ring (bicyclic) bond motifs is 2. The summed E-state index contributed by atoms with van der Waals surface area (Å²) >= 11 is 0. The molecule has 0 saturated carbocycles. The van der Waals surface area contributed by atoms with Crippen LogP contribution in [0, 0.1) is 0 Å². The summed E-state index contributed by atoms with van der Waals surface area (Å²) < 4.78 is 0. The SMILES string of the molecule is CCCCCCCN(Cc1nc2ccccc2[nH]1)C(=O)c1ccc2c(c1)CN(C)C(=O)[C@H](CC)N2. The Bertz CT molecular complexity index is 1140. The maximum absolute atomic E-state index is 13.7. The lowest BCUT2D eigenvalue weighted by Gasteiger charge is -2.23. The second kappa shape index (κ2) is 11.4. The molecule has 1 aliphatic heterocycles. The Labute approximate surface area is 207 Å². The van der Waals surface area contributed by atoms with Crippen LogP contribution in [0.1, 0.15) is 74.1 Å². The third-order valence-electron chi connectivity index (χ3n) is 6.77. The van der Waals surface area contributed by atoms with Crippen LogP contribution >= 0.6 is 0 Å². The number of imidazole rings is 1. The van der Waals surface area contributed by atoms with Crippen LogP contribution in [0.2, 0.25) is 0 Å². The van der Waals surface area contributed by atoms with Gasteiger partial charge in [0.15, 0.2) is 0 Å². The van der Waals surface area contributed by atoms with Crippen molar-refractivity contribution in [3.63, 3.8) is 0 Å². The molecular weight excluding hydrogens is 438 g/mol. The highest BCUT2D eigenvalue weighted by molar-refractivity contribution is 5.95. The van der Waals surface area contributed by atoms with Crippen LogP contribution in [0.3, 0.4) is 0 Å². The number of H-pyrrole nitrogens is 1. The van der Waals surface area contributed by atoms with E-state index in [1.54, 1.807) is 4.90 Å². The number of unbranched alkanes of at least 4 members (excludes halogenated alkanes) is 4. The molecule has 0 saturated heterocycles. The molecule has 0 radical (unpaired) electrons.